The number of hydrogen-bond acceptors (Lipinski definition) is 5. The molecular formula is C20H19BrN4O2S. The van der Waals surface area contributed by atoms with Crippen LogP contribution in [-0.2, 0) is 0 Å². The molecule has 2 aromatic carbocycles. The number of thiazole rings is 1. The number of benzene rings is 2. The first-order valence-electron chi connectivity index (χ1n) is 8.69. The van der Waals surface area contributed by atoms with E-state index in [4.69, 9.17) is 5.10 Å². The lowest BCUT2D eigenvalue weighted by Gasteiger charge is -2.08. The van der Waals surface area contributed by atoms with Crippen LogP contribution in [0.4, 0.5) is 5.69 Å². The van der Waals surface area contributed by atoms with E-state index >= 15 is 0 Å². The Kier molecular flexibility index (Phi) is 6.21. The van der Waals surface area contributed by atoms with Gasteiger partial charge in [0.15, 0.2) is 0 Å². The normalized spacial score (nSPS) is 12.4. The molecule has 0 aliphatic heterocycles. The molecule has 0 radical (unpaired) electrons. The molecule has 1 aromatic heterocycles. The van der Waals surface area contributed by atoms with Crippen LogP contribution in [0.15, 0.2) is 62.4 Å². The zero-order valence-corrected chi connectivity index (χ0v) is 18.1. The minimum Gasteiger partial charge on any atom is -0.258 e. The lowest BCUT2D eigenvalue weighted by molar-refractivity contribution is -0.385. The Morgan fingerprint density at radius 2 is 2.04 bits per heavy atom. The molecule has 1 heterocycles. The fraction of sp³-hybridized carbons (Fsp3) is 0.200. The molecule has 3 aromatic rings. The zero-order chi connectivity index (χ0) is 20.3. The van der Waals surface area contributed by atoms with E-state index in [9.17, 15) is 10.1 Å². The Morgan fingerprint density at radius 3 is 2.71 bits per heavy atom. The van der Waals surface area contributed by atoms with Gasteiger partial charge in [0.05, 0.1) is 16.3 Å². The lowest BCUT2D eigenvalue weighted by Crippen LogP contribution is -2.14. The van der Waals surface area contributed by atoms with Crippen molar-refractivity contribution in [1.82, 2.24) is 4.68 Å². The van der Waals surface area contributed by atoms with E-state index in [-0.39, 0.29) is 10.6 Å². The Balaban J connectivity index is 2.17. The van der Waals surface area contributed by atoms with Crippen LogP contribution in [0.25, 0.3) is 11.3 Å². The molecule has 144 valence electrons. The first kappa shape index (κ1) is 20.2. The molecule has 0 saturated heterocycles. The van der Waals surface area contributed by atoms with Crippen molar-refractivity contribution in [2.45, 2.75) is 20.8 Å². The van der Waals surface area contributed by atoms with Crippen molar-refractivity contribution in [1.29, 1.82) is 0 Å². The highest BCUT2D eigenvalue weighted by molar-refractivity contribution is 9.10. The summed E-state index contributed by atoms with van der Waals surface area (Å²) in [7, 11) is 0. The molecule has 0 N–H and O–H groups in total. The van der Waals surface area contributed by atoms with E-state index in [2.05, 4.69) is 20.9 Å². The molecule has 0 bridgehead atoms. The molecule has 3 rings (SSSR count). The molecule has 0 fully saturated rings. The third-order valence-electron chi connectivity index (χ3n) is 4.20. The van der Waals surface area contributed by atoms with Gasteiger partial charge in [0.1, 0.15) is 0 Å². The van der Waals surface area contributed by atoms with Gasteiger partial charge < -0.3 is 0 Å². The average molecular weight is 459 g/mol. The van der Waals surface area contributed by atoms with Crippen LogP contribution in [0.2, 0.25) is 0 Å². The summed E-state index contributed by atoms with van der Waals surface area (Å²) in [6.45, 7) is 6.19. The van der Waals surface area contributed by atoms with E-state index in [1.54, 1.807) is 23.7 Å². The van der Waals surface area contributed by atoms with Gasteiger partial charge in [-0.1, -0.05) is 46.3 Å². The molecule has 0 aliphatic carbocycles. The molecule has 8 heteroatoms. The molecule has 0 spiro atoms. The zero-order valence-electron chi connectivity index (χ0n) is 15.7. The number of hydrogen-bond donors (Lipinski definition) is 0. The molecule has 0 saturated carbocycles. The topological polar surface area (TPSA) is 72.8 Å². The van der Waals surface area contributed by atoms with E-state index in [0.717, 1.165) is 20.5 Å². The van der Waals surface area contributed by atoms with Crippen molar-refractivity contribution >= 4 is 38.7 Å². The lowest BCUT2D eigenvalue weighted by atomic mass is 10.1. The largest absolute Gasteiger partial charge is 0.272 e. The number of halogens is 1. The van der Waals surface area contributed by atoms with E-state index in [0.29, 0.717) is 23.4 Å². The smallest absolute Gasteiger partial charge is 0.258 e. The Morgan fingerprint density at radius 1 is 1.29 bits per heavy atom. The number of nitro benzene ring substituents is 1. The van der Waals surface area contributed by atoms with E-state index in [1.807, 2.05) is 49.6 Å². The van der Waals surface area contributed by atoms with Crippen molar-refractivity contribution < 1.29 is 4.92 Å². The first-order chi connectivity index (χ1) is 13.4. The second-order valence-electron chi connectivity index (χ2n) is 6.11. The summed E-state index contributed by atoms with van der Waals surface area (Å²) < 4.78 is 2.76. The van der Waals surface area contributed by atoms with Gasteiger partial charge >= 0.3 is 0 Å². The van der Waals surface area contributed by atoms with Gasteiger partial charge in [-0.2, -0.15) is 5.10 Å². The third kappa shape index (κ3) is 4.13. The Bertz CT molecular complexity index is 1130. The third-order valence-corrected chi connectivity index (χ3v) is 5.75. The standard InChI is InChI=1S/C20H19BrN4O2S/c1-4-22-20-24(19(12-28-20)16-7-5-6-8-17(16)21)23-14(3)15-10-9-13(2)18(11-15)25(26)27/h5-12H,4H2,1-3H3. The minimum atomic E-state index is -0.367. The molecule has 0 unspecified atom stereocenters. The maximum atomic E-state index is 11.3. The predicted molar refractivity (Wildman–Crippen MR) is 117 cm³/mol. The SMILES string of the molecule is CCN=c1scc(-c2ccccc2Br)n1N=C(C)c1ccc(C)c([N+](=O)[O-])c1. The van der Waals surface area contributed by atoms with Crippen molar-refractivity contribution in [3.05, 3.63) is 78.4 Å². The van der Waals surface area contributed by atoms with Crippen LogP contribution >= 0.6 is 27.3 Å². The highest BCUT2D eigenvalue weighted by Gasteiger charge is 2.14. The quantitative estimate of drug-likeness (QED) is 0.292. The molecule has 6 nitrogen and oxygen atoms in total. The maximum absolute atomic E-state index is 11.3. The fourth-order valence-corrected chi connectivity index (χ4v) is 4.11. The van der Waals surface area contributed by atoms with Crippen LogP contribution < -0.4 is 4.80 Å². The Labute approximate surface area is 175 Å². The second-order valence-corrected chi connectivity index (χ2v) is 7.80. The van der Waals surface area contributed by atoms with Gasteiger partial charge in [-0.15, -0.1) is 11.3 Å². The van der Waals surface area contributed by atoms with Gasteiger partial charge in [-0.05, 0) is 26.8 Å². The van der Waals surface area contributed by atoms with Crippen LogP contribution in [-0.4, -0.2) is 21.9 Å². The fourth-order valence-electron chi connectivity index (χ4n) is 2.73. The Hall–Kier alpha value is -2.58. The van der Waals surface area contributed by atoms with Crippen molar-refractivity contribution in [2.24, 2.45) is 10.1 Å². The van der Waals surface area contributed by atoms with E-state index < -0.39 is 0 Å². The molecular weight excluding hydrogens is 440 g/mol. The van der Waals surface area contributed by atoms with Crippen LogP contribution in [0.3, 0.4) is 0 Å². The van der Waals surface area contributed by atoms with Gasteiger partial charge in [-0.3, -0.25) is 15.1 Å². The molecule has 28 heavy (non-hydrogen) atoms. The van der Waals surface area contributed by atoms with Gasteiger partial charge in [-0.25, -0.2) is 4.68 Å². The summed E-state index contributed by atoms with van der Waals surface area (Å²) in [5.74, 6) is 0. The highest BCUT2D eigenvalue weighted by Crippen LogP contribution is 2.28. The number of aryl methyl sites for hydroxylation is 1. The number of nitrogens with zero attached hydrogens (tertiary/aromatic N) is 4. The summed E-state index contributed by atoms with van der Waals surface area (Å²) in [6.07, 6.45) is 0. The predicted octanol–water partition coefficient (Wildman–Crippen LogP) is 5.39. The summed E-state index contributed by atoms with van der Waals surface area (Å²) in [5.41, 5.74) is 4.00. The molecule has 0 amide bonds. The van der Waals surface area contributed by atoms with Crippen molar-refractivity contribution in [2.75, 3.05) is 6.54 Å². The monoisotopic (exact) mass is 458 g/mol. The number of aromatic nitrogens is 1. The van der Waals surface area contributed by atoms with Gasteiger partial charge in [0.25, 0.3) is 5.69 Å². The summed E-state index contributed by atoms with van der Waals surface area (Å²) in [6, 6.07) is 13.1. The number of nitro groups is 1. The summed E-state index contributed by atoms with van der Waals surface area (Å²) in [4.78, 5) is 16.2. The summed E-state index contributed by atoms with van der Waals surface area (Å²) in [5, 5.41) is 18.1. The van der Waals surface area contributed by atoms with Gasteiger partial charge in [0.2, 0.25) is 4.80 Å². The maximum Gasteiger partial charge on any atom is 0.272 e. The van der Waals surface area contributed by atoms with Gasteiger partial charge in [0, 0.05) is 39.2 Å². The first-order valence-corrected chi connectivity index (χ1v) is 10.4. The van der Waals surface area contributed by atoms with Crippen LogP contribution in [0, 0.1) is 17.0 Å². The van der Waals surface area contributed by atoms with Crippen molar-refractivity contribution in [3.8, 4) is 11.3 Å². The number of rotatable bonds is 5. The van der Waals surface area contributed by atoms with Crippen LogP contribution in [0.5, 0.6) is 0 Å². The summed E-state index contributed by atoms with van der Waals surface area (Å²) >= 11 is 5.11. The second kappa shape index (κ2) is 8.62. The van der Waals surface area contributed by atoms with Crippen molar-refractivity contribution in [3.63, 3.8) is 0 Å². The van der Waals surface area contributed by atoms with E-state index in [1.165, 1.54) is 11.3 Å². The highest BCUT2D eigenvalue weighted by atomic mass is 79.9. The average Bonchev–Trinajstić information content (AvgIpc) is 3.04. The molecule has 0 atom stereocenters. The minimum absolute atomic E-state index is 0.0897. The molecule has 0 aliphatic rings. The van der Waals surface area contributed by atoms with Crippen LogP contribution in [0.1, 0.15) is 25.0 Å².